The van der Waals surface area contributed by atoms with Gasteiger partial charge in [0.1, 0.15) is 0 Å². The fourth-order valence-corrected chi connectivity index (χ4v) is 3.12. The van der Waals surface area contributed by atoms with E-state index in [4.69, 9.17) is 0 Å². The van der Waals surface area contributed by atoms with Crippen LogP contribution in [0, 0.1) is 0 Å². The van der Waals surface area contributed by atoms with Crippen LogP contribution in [0.2, 0.25) is 0 Å². The first kappa shape index (κ1) is 23.2. The Hall–Kier alpha value is -1.84. The minimum atomic E-state index is -0.537. The highest BCUT2D eigenvalue weighted by molar-refractivity contribution is 6.35. The molecule has 0 aliphatic heterocycles. The van der Waals surface area contributed by atoms with E-state index in [1.807, 2.05) is 37.3 Å². The van der Waals surface area contributed by atoms with Gasteiger partial charge in [0.2, 0.25) is 0 Å². The minimum Gasteiger partial charge on any atom is -0.348 e. The van der Waals surface area contributed by atoms with Crippen molar-refractivity contribution in [3.8, 4) is 0 Å². The second kappa shape index (κ2) is 15.2. The zero-order valence-electron chi connectivity index (χ0n) is 17.3. The summed E-state index contributed by atoms with van der Waals surface area (Å²) in [5, 5.41) is 5.44. The van der Waals surface area contributed by atoms with Crippen LogP contribution in [0.25, 0.3) is 0 Å². The Labute approximate surface area is 165 Å². The molecule has 0 saturated carbocycles. The van der Waals surface area contributed by atoms with Crippen LogP contribution in [0.3, 0.4) is 0 Å². The van der Waals surface area contributed by atoms with Crippen molar-refractivity contribution in [3.63, 3.8) is 0 Å². The summed E-state index contributed by atoms with van der Waals surface area (Å²) in [5.41, 5.74) is 1.16. The predicted octanol–water partition coefficient (Wildman–Crippen LogP) is 4.94. The molecule has 1 aromatic carbocycles. The Morgan fingerprint density at radius 2 is 1.30 bits per heavy atom. The van der Waals surface area contributed by atoms with Crippen LogP contribution in [-0.2, 0) is 9.59 Å². The number of carbonyl (C=O) groups excluding carboxylic acids is 2. The fourth-order valence-electron chi connectivity index (χ4n) is 3.12. The number of hydrogen-bond acceptors (Lipinski definition) is 2. The first-order chi connectivity index (χ1) is 13.1. The van der Waals surface area contributed by atoms with E-state index >= 15 is 0 Å². The molecule has 0 radical (unpaired) electrons. The molecule has 27 heavy (non-hydrogen) atoms. The van der Waals surface area contributed by atoms with Crippen LogP contribution < -0.4 is 10.6 Å². The molecule has 2 amide bonds. The minimum absolute atomic E-state index is 0.185. The number of amides is 2. The summed E-state index contributed by atoms with van der Waals surface area (Å²) in [6, 6.07) is 9.99. The first-order valence-electron chi connectivity index (χ1n) is 10.8. The van der Waals surface area contributed by atoms with Gasteiger partial charge in [-0.05, 0) is 17.9 Å². The van der Waals surface area contributed by atoms with Gasteiger partial charge < -0.3 is 10.6 Å². The molecule has 0 aromatic heterocycles. The third-order valence-electron chi connectivity index (χ3n) is 4.96. The number of rotatable bonds is 14. The van der Waals surface area contributed by atoms with E-state index in [9.17, 15) is 9.59 Å². The lowest BCUT2D eigenvalue weighted by atomic mass is 10.0. The molecule has 0 saturated heterocycles. The quantitative estimate of drug-likeness (QED) is 0.358. The summed E-state index contributed by atoms with van der Waals surface area (Å²) in [5.74, 6) is -0.874. The Morgan fingerprint density at radius 3 is 1.89 bits per heavy atom. The van der Waals surface area contributed by atoms with Crippen LogP contribution in [0.4, 0.5) is 0 Å². The average molecular weight is 375 g/mol. The normalized spacial score (nSPS) is 11.8. The zero-order chi connectivity index (χ0) is 19.7. The standard InChI is InChI=1S/C23H38N2O2/c1-3-4-5-6-7-8-9-10-11-15-18-24-22(26)23(27)25-19-20(2)21-16-13-12-14-17-21/h12-14,16-17,20H,3-11,15,18-19H2,1-2H3,(H,24,26)(H,25,27)/t20-/m1/s1. The van der Waals surface area contributed by atoms with Crippen molar-refractivity contribution in [3.05, 3.63) is 35.9 Å². The highest BCUT2D eigenvalue weighted by Crippen LogP contribution is 2.13. The number of benzene rings is 1. The molecule has 0 spiro atoms. The summed E-state index contributed by atoms with van der Waals surface area (Å²) in [6.45, 7) is 5.33. The summed E-state index contributed by atoms with van der Waals surface area (Å²) < 4.78 is 0. The summed E-state index contributed by atoms with van der Waals surface area (Å²) in [6.07, 6.45) is 12.6. The van der Waals surface area contributed by atoms with Crippen molar-refractivity contribution < 1.29 is 9.59 Å². The Kier molecular flexibility index (Phi) is 13.1. The maximum atomic E-state index is 11.9. The van der Waals surface area contributed by atoms with Gasteiger partial charge in [-0.1, -0.05) is 102 Å². The molecule has 0 heterocycles. The lowest BCUT2D eigenvalue weighted by Gasteiger charge is -2.13. The molecular weight excluding hydrogens is 336 g/mol. The first-order valence-corrected chi connectivity index (χ1v) is 10.8. The van der Waals surface area contributed by atoms with E-state index in [-0.39, 0.29) is 5.92 Å². The van der Waals surface area contributed by atoms with Crippen molar-refractivity contribution in [1.29, 1.82) is 0 Å². The largest absolute Gasteiger partial charge is 0.348 e. The molecule has 0 bridgehead atoms. The van der Waals surface area contributed by atoms with Crippen LogP contribution in [0.1, 0.15) is 89.5 Å². The summed E-state index contributed by atoms with van der Waals surface area (Å²) in [7, 11) is 0. The molecule has 152 valence electrons. The molecule has 1 rings (SSSR count). The predicted molar refractivity (Wildman–Crippen MR) is 113 cm³/mol. The topological polar surface area (TPSA) is 58.2 Å². The van der Waals surface area contributed by atoms with Crippen molar-refractivity contribution >= 4 is 11.8 Å². The van der Waals surface area contributed by atoms with Crippen molar-refractivity contribution in [2.75, 3.05) is 13.1 Å². The third-order valence-corrected chi connectivity index (χ3v) is 4.96. The molecule has 4 nitrogen and oxygen atoms in total. The second-order valence-corrected chi connectivity index (χ2v) is 7.46. The van der Waals surface area contributed by atoms with E-state index in [0.29, 0.717) is 13.1 Å². The molecule has 0 aliphatic rings. The van der Waals surface area contributed by atoms with Gasteiger partial charge in [-0.15, -0.1) is 0 Å². The fraction of sp³-hybridized carbons (Fsp3) is 0.652. The van der Waals surface area contributed by atoms with E-state index in [1.54, 1.807) is 0 Å². The van der Waals surface area contributed by atoms with E-state index in [1.165, 1.54) is 51.4 Å². The third kappa shape index (κ3) is 11.5. The summed E-state index contributed by atoms with van der Waals surface area (Å²) in [4.78, 5) is 23.7. The molecular formula is C23H38N2O2. The number of nitrogens with one attached hydrogen (secondary N) is 2. The monoisotopic (exact) mass is 374 g/mol. The number of carbonyl (C=O) groups is 2. The number of unbranched alkanes of at least 4 members (excludes halogenated alkanes) is 9. The lowest BCUT2D eigenvalue weighted by molar-refractivity contribution is -0.139. The lowest BCUT2D eigenvalue weighted by Crippen LogP contribution is -2.41. The van der Waals surface area contributed by atoms with Crippen LogP contribution in [0.15, 0.2) is 30.3 Å². The number of hydrogen-bond donors (Lipinski definition) is 2. The molecule has 4 heteroatoms. The van der Waals surface area contributed by atoms with Gasteiger partial charge in [0.05, 0.1) is 0 Å². The van der Waals surface area contributed by atoms with Gasteiger partial charge in [0.25, 0.3) is 0 Å². The maximum Gasteiger partial charge on any atom is 0.309 e. The SMILES string of the molecule is CCCCCCCCCCCCNC(=O)C(=O)NC[C@@H](C)c1ccccc1. The van der Waals surface area contributed by atoms with Crippen molar-refractivity contribution in [1.82, 2.24) is 10.6 Å². The Balaban J connectivity index is 1.99. The van der Waals surface area contributed by atoms with Gasteiger partial charge in [-0.3, -0.25) is 9.59 Å². The van der Waals surface area contributed by atoms with E-state index in [0.717, 1.165) is 18.4 Å². The maximum absolute atomic E-state index is 11.9. The molecule has 2 N–H and O–H groups in total. The highest BCUT2D eigenvalue weighted by atomic mass is 16.2. The molecule has 1 atom stereocenters. The van der Waals surface area contributed by atoms with Crippen LogP contribution in [-0.4, -0.2) is 24.9 Å². The van der Waals surface area contributed by atoms with Gasteiger partial charge in [-0.2, -0.15) is 0 Å². The smallest absolute Gasteiger partial charge is 0.309 e. The van der Waals surface area contributed by atoms with Gasteiger partial charge in [0, 0.05) is 13.1 Å². The molecule has 1 aromatic rings. The summed E-state index contributed by atoms with van der Waals surface area (Å²) >= 11 is 0. The van der Waals surface area contributed by atoms with Crippen LogP contribution >= 0.6 is 0 Å². The van der Waals surface area contributed by atoms with Gasteiger partial charge >= 0.3 is 11.8 Å². The van der Waals surface area contributed by atoms with Crippen molar-refractivity contribution in [2.24, 2.45) is 0 Å². The average Bonchev–Trinajstić information content (AvgIpc) is 2.70. The van der Waals surface area contributed by atoms with E-state index in [2.05, 4.69) is 17.6 Å². The highest BCUT2D eigenvalue weighted by Gasteiger charge is 2.14. The van der Waals surface area contributed by atoms with Crippen LogP contribution in [0.5, 0.6) is 0 Å². The molecule has 0 unspecified atom stereocenters. The zero-order valence-corrected chi connectivity index (χ0v) is 17.3. The molecule has 0 aliphatic carbocycles. The Morgan fingerprint density at radius 1 is 0.778 bits per heavy atom. The van der Waals surface area contributed by atoms with Gasteiger partial charge in [0.15, 0.2) is 0 Å². The Bertz CT molecular complexity index is 516. The molecule has 0 fully saturated rings. The van der Waals surface area contributed by atoms with E-state index < -0.39 is 11.8 Å². The van der Waals surface area contributed by atoms with Gasteiger partial charge in [-0.25, -0.2) is 0 Å². The second-order valence-electron chi connectivity index (χ2n) is 7.46. The van der Waals surface area contributed by atoms with Crippen molar-refractivity contribution in [2.45, 2.75) is 84.0 Å².